The van der Waals surface area contributed by atoms with Crippen LogP contribution in [-0.2, 0) is 14.4 Å². The molecule has 0 aliphatic carbocycles. The molecule has 0 radical (unpaired) electrons. The van der Waals surface area contributed by atoms with E-state index in [2.05, 4.69) is 11.7 Å². The number of likely N-dealkylation sites (tertiary alicyclic amines) is 1. The summed E-state index contributed by atoms with van der Waals surface area (Å²) in [5.41, 5.74) is -1.08. The predicted molar refractivity (Wildman–Crippen MR) is 103 cm³/mol. The van der Waals surface area contributed by atoms with Crippen LogP contribution in [0, 0.1) is 5.82 Å². The second-order valence-corrected chi connectivity index (χ2v) is 7.31. The van der Waals surface area contributed by atoms with Crippen molar-refractivity contribution in [1.29, 1.82) is 0 Å². The average Bonchev–Trinajstić information content (AvgIpc) is 3.27. The third-order valence-electron chi connectivity index (χ3n) is 4.57. The van der Waals surface area contributed by atoms with Gasteiger partial charge in [-0.15, -0.1) is 0 Å². The van der Waals surface area contributed by atoms with E-state index in [-0.39, 0.29) is 46.6 Å². The Morgan fingerprint density at radius 2 is 2.21 bits per heavy atom. The highest BCUT2D eigenvalue weighted by Gasteiger charge is 2.46. The summed E-state index contributed by atoms with van der Waals surface area (Å²) in [4.78, 5) is 18.4. The molecule has 2 aliphatic rings. The molecule has 0 aromatic heterocycles. The fraction of sp³-hybridized carbons (Fsp3) is 0.389. The van der Waals surface area contributed by atoms with Crippen molar-refractivity contribution in [2.45, 2.75) is 24.4 Å². The van der Waals surface area contributed by atoms with Crippen molar-refractivity contribution in [1.82, 2.24) is 4.90 Å². The number of oxime groups is 1. The van der Waals surface area contributed by atoms with E-state index in [1.165, 1.54) is 19.3 Å². The number of thiocarbonyl (C=S) groups is 1. The van der Waals surface area contributed by atoms with E-state index in [1.807, 2.05) is 0 Å². The number of alkyl halides is 2. The Hall–Kier alpha value is -2.33. The zero-order valence-corrected chi connectivity index (χ0v) is 16.8. The van der Waals surface area contributed by atoms with Gasteiger partial charge in [-0.05, 0) is 30.4 Å². The number of esters is 1. The van der Waals surface area contributed by atoms with Crippen molar-refractivity contribution < 1.29 is 32.3 Å². The molecule has 0 saturated carbocycles. The minimum Gasteiger partial charge on any atom is -0.466 e. The molecular formula is C18H16ClF3N2O4S. The summed E-state index contributed by atoms with van der Waals surface area (Å²) in [7, 11) is 1.19. The van der Waals surface area contributed by atoms with E-state index in [4.69, 9.17) is 38.1 Å². The van der Waals surface area contributed by atoms with Crippen LogP contribution in [0.25, 0.3) is 0 Å². The molecule has 1 saturated heterocycles. The quantitative estimate of drug-likeness (QED) is 0.397. The molecule has 0 bridgehead atoms. The lowest BCUT2D eigenvalue weighted by molar-refractivity contribution is -0.160. The summed E-state index contributed by atoms with van der Waals surface area (Å²) in [6, 6.07) is 2.19. The summed E-state index contributed by atoms with van der Waals surface area (Å²) in [5, 5.41) is 3.55. The van der Waals surface area contributed by atoms with Gasteiger partial charge in [-0.2, -0.15) is 0 Å². The molecule has 1 aromatic carbocycles. The molecule has 0 spiro atoms. The van der Waals surface area contributed by atoms with E-state index < -0.39 is 29.9 Å². The Kier molecular flexibility index (Phi) is 5.77. The van der Waals surface area contributed by atoms with Gasteiger partial charge in [0.25, 0.3) is 16.7 Å². The highest BCUT2D eigenvalue weighted by molar-refractivity contribution is 7.80. The summed E-state index contributed by atoms with van der Waals surface area (Å²) in [5.74, 6) is -4.75. The van der Waals surface area contributed by atoms with Crippen LogP contribution in [0.15, 0.2) is 29.9 Å². The number of ether oxygens (including phenoxy) is 2. The Bertz CT molecular complexity index is 911. The summed E-state index contributed by atoms with van der Waals surface area (Å²) < 4.78 is 51.1. The zero-order valence-electron chi connectivity index (χ0n) is 15.2. The van der Waals surface area contributed by atoms with Gasteiger partial charge in [0, 0.05) is 18.5 Å². The molecule has 2 aliphatic heterocycles. The van der Waals surface area contributed by atoms with Crippen molar-refractivity contribution in [3.05, 3.63) is 41.2 Å². The van der Waals surface area contributed by atoms with E-state index in [9.17, 15) is 18.0 Å². The van der Waals surface area contributed by atoms with E-state index in [0.29, 0.717) is 0 Å². The van der Waals surface area contributed by atoms with Crippen molar-refractivity contribution in [2.75, 3.05) is 20.2 Å². The molecule has 2 heterocycles. The average molecular weight is 449 g/mol. The van der Waals surface area contributed by atoms with E-state index >= 15 is 0 Å². The molecular weight excluding hydrogens is 433 g/mol. The normalized spacial score (nSPS) is 22.7. The highest BCUT2D eigenvalue weighted by Crippen LogP contribution is 2.35. The van der Waals surface area contributed by atoms with Crippen LogP contribution >= 0.6 is 23.8 Å². The van der Waals surface area contributed by atoms with Gasteiger partial charge in [-0.25, -0.2) is 18.0 Å². The van der Waals surface area contributed by atoms with Crippen LogP contribution < -0.4 is 4.74 Å². The van der Waals surface area contributed by atoms with Crippen LogP contribution in [0.5, 0.6) is 5.75 Å². The van der Waals surface area contributed by atoms with Gasteiger partial charge in [0.05, 0.1) is 30.8 Å². The van der Waals surface area contributed by atoms with Gasteiger partial charge in [-0.3, -0.25) is 0 Å². The van der Waals surface area contributed by atoms with E-state index in [1.54, 1.807) is 0 Å². The number of hydrogen-bond donors (Lipinski definition) is 0. The number of methoxy groups -OCH3 is 1. The summed E-state index contributed by atoms with van der Waals surface area (Å²) in [6.45, 7) is 2.95. The second-order valence-electron chi connectivity index (χ2n) is 6.55. The minimum atomic E-state index is -2.88. The van der Waals surface area contributed by atoms with Crippen LogP contribution in [0.4, 0.5) is 13.2 Å². The van der Waals surface area contributed by atoms with Gasteiger partial charge >= 0.3 is 5.97 Å². The number of hydrogen-bond acceptors (Lipinski definition) is 6. The monoisotopic (exact) mass is 448 g/mol. The smallest absolute Gasteiger partial charge is 0.357 e. The first-order chi connectivity index (χ1) is 13.6. The topological polar surface area (TPSA) is 60.4 Å². The van der Waals surface area contributed by atoms with Crippen molar-refractivity contribution in [3.63, 3.8) is 0 Å². The Labute approximate surface area is 174 Å². The van der Waals surface area contributed by atoms with Crippen molar-refractivity contribution in [3.8, 4) is 5.75 Å². The number of carbonyl (C=O) groups is 1. The molecule has 0 amide bonds. The molecule has 1 aromatic rings. The lowest BCUT2D eigenvalue weighted by Crippen LogP contribution is -2.37. The van der Waals surface area contributed by atoms with Gasteiger partial charge in [-0.1, -0.05) is 23.3 Å². The second kappa shape index (κ2) is 7.83. The largest absolute Gasteiger partial charge is 0.466 e. The first-order valence-electron chi connectivity index (χ1n) is 8.42. The highest BCUT2D eigenvalue weighted by atomic mass is 35.5. The molecule has 6 nitrogen and oxygen atoms in total. The Morgan fingerprint density at radius 1 is 1.48 bits per heavy atom. The first-order valence-corrected chi connectivity index (χ1v) is 9.20. The molecule has 11 heteroatoms. The molecule has 0 N–H and O–H groups in total. The molecule has 1 unspecified atom stereocenters. The van der Waals surface area contributed by atoms with Gasteiger partial charge < -0.3 is 19.2 Å². The fourth-order valence-electron chi connectivity index (χ4n) is 2.95. The standard InChI is InChI=1S/C18H16ClF3N2O4S/c1-3-17(15(25)26-2)8-13(23-28-17)10-6-14(12(20)7-11(10)19)27-16(29)24-5-4-18(21,22)9-24/h3,6-7H,1,4-5,8-9H2,2H3. The maximum atomic E-state index is 14.3. The Morgan fingerprint density at radius 3 is 2.79 bits per heavy atom. The number of rotatable bonds is 4. The predicted octanol–water partition coefficient (Wildman–Crippen LogP) is 3.71. The zero-order chi connectivity index (χ0) is 21.4. The van der Waals surface area contributed by atoms with Crippen LogP contribution in [0.2, 0.25) is 5.02 Å². The third kappa shape index (κ3) is 4.18. The van der Waals surface area contributed by atoms with E-state index in [0.717, 1.165) is 11.0 Å². The van der Waals surface area contributed by atoms with Gasteiger partial charge in [0.1, 0.15) is 0 Å². The Balaban J connectivity index is 1.83. The molecule has 156 valence electrons. The number of halogens is 4. The van der Waals surface area contributed by atoms with Gasteiger partial charge in [0.2, 0.25) is 0 Å². The lowest BCUT2D eigenvalue weighted by atomic mass is 9.94. The minimum absolute atomic E-state index is 0.00453. The van der Waals surface area contributed by atoms with Crippen molar-refractivity contribution in [2.24, 2.45) is 5.16 Å². The molecule has 3 rings (SSSR count). The summed E-state index contributed by atoms with van der Waals surface area (Å²) in [6.07, 6.45) is 0.819. The summed E-state index contributed by atoms with van der Waals surface area (Å²) >= 11 is 11.1. The molecule has 1 atom stereocenters. The number of nitrogens with zero attached hydrogens (tertiary/aromatic N) is 2. The van der Waals surface area contributed by atoms with Crippen LogP contribution in [0.1, 0.15) is 18.4 Å². The maximum absolute atomic E-state index is 14.3. The van der Waals surface area contributed by atoms with Crippen LogP contribution in [-0.4, -0.2) is 53.5 Å². The SMILES string of the molecule is C=CC1(C(=O)OC)CC(c2cc(OC(=S)N3CCC(F)(F)C3)c(F)cc2Cl)=NO1. The molecule has 1 fully saturated rings. The van der Waals surface area contributed by atoms with Gasteiger partial charge in [0.15, 0.2) is 11.6 Å². The number of benzene rings is 1. The fourth-order valence-corrected chi connectivity index (χ4v) is 3.45. The third-order valence-corrected chi connectivity index (χ3v) is 5.22. The maximum Gasteiger partial charge on any atom is 0.357 e. The lowest BCUT2D eigenvalue weighted by Gasteiger charge is -2.20. The molecule has 29 heavy (non-hydrogen) atoms. The number of carbonyl (C=O) groups excluding carboxylic acids is 1. The first kappa shape index (κ1) is 21.4. The van der Waals surface area contributed by atoms with Crippen molar-refractivity contribution >= 4 is 40.7 Å². The van der Waals surface area contributed by atoms with Crippen LogP contribution in [0.3, 0.4) is 0 Å².